The fourth-order valence-electron chi connectivity index (χ4n) is 2.17. The van der Waals surface area contributed by atoms with Crippen LogP contribution in [0.25, 0.3) is 0 Å². The molecule has 2 aromatic rings. The van der Waals surface area contributed by atoms with Crippen molar-refractivity contribution in [1.29, 1.82) is 0 Å². The molecule has 0 radical (unpaired) electrons. The molecule has 0 aliphatic carbocycles. The summed E-state index contributed by atoms with van der Waals surface area (Å²) in [6, 6.07) is 7.18. The highest BCUT2D eigenvalue weighted by atomic mass is 16.5. The lowest BCUT2D eigenvalue weighted by molar-refractivity contribution is 0.0128. The van der Waals surface area contributed by atoms with E-state index in [4.69, 9.17) is 15.2 Å². The molecule has 0 aromatic carbocycles. The van der Waals surface area contributed by atoms with E-state index in [2.05, 4.69) is 20.3 Å². The summed E-state index contributed by atoms with van der Waals surface area (Å²) in [4.78, 5) is 12.5. The van der Waals surface area contributed by atoms with Gasteiger partial charge in [-0.1, -0.05) is 6.07 Å². The molecule has 2 atom stereocenters. The molecule has 0 saturated carbocycles. The van der Waals surface area contributed by atoms with E-state index in [1.54, 1.807) is 18.5 Å². The smallest absolute Gasteiger partial charge is 0.225 e. The number of aromatic nitrogens is 3. The van der Waals surface area contributed by atoms with E-state index in [-0.39, 0.29) is 12.1 Å². The minimum Gasteiger partial charge on any atom is -0.472 e. The maximum atomic E-state index is 5.93. The first-order valence-electron chi connectivity index (χ1n) is 6.82. The zero-order chi connectivity index (χ0) is 14.5. The van der Waals surface area contributed by atoms with E-state index in [1.165, 1.54) is 0 Å². The summed E-state index contributed by atoms with van der Waals surface area (Å²) in [6.45, 7) is 1.18. The molecule has 1 fully saturated rings. The molecular weight excluding hydrogens is 270 g/mol. The number of nitrogens with two attached hydrogens (primary N) is 1. The molecule has 1 aliphatic heterocycles. The number of nitrogens with zero attached hydrogens (tertiary/aromatic N) is 3. The number of nitrogens with one attached hydrogen (secondary N) is 1. The maximum absolute atomic E-state index is 5.93. The standard InChI is InChI=1S/C14H17N5O2/c15-12-4-7-17-14(19-12)18-10-9-20-8-5-11(10)21-13-3-1-2-6-16-13/h1-4,6-7,10-11H,5,8-9H2,(H3,15,17,18,19)/t10-,11-/m1/s1. The molecule has 0 bridgehead atoms. The van der Waals surface area contributed by atoms with Crippen LogP contribution in [0.5, 0.6) is 5.88 Å². The average molecular weight is 287 g/mol. The van der Waals surface area contributed by atoms with Crippen LogP contribution < -0.4 is 15.8 Å². The molecule has 110 valence electrons. The Labute approximate surface area is 122 Å². The first-order chi connectivity index (χ1) is 10.3. The lowest BCUT2D eigenvalue weighted by Crippen LogP contribution is -2.46. The molecule has 1 saturated heterocycles. The van der Waals surface area contributed by atoms with Crippen molar-refractivity contribution >= 4 is 11.8 Å². The monoisotopic (exact) mass is 287 g/mol. The minimum atomic E-state index is -0.0568. The van der Waals surface area contributed by atoms with Crippen molar-refractivity contribution in [3.63, 3.8) is 0 Å². The first kappa shape index (κ1) is 13.6. The van der Waals surface area contributed by atoms with Gasteiger partial charge in [-0.3, -0.25) is 0 Å². The molecule has 0 spiro atoms. The minimum absolute atomic E-state index is 0.0532. The third-order valence-corrected chi connectivity index (χ3v) is 3.19. The number of ether oxygens (including phenoxy) is 2. The Hall–Kier alpha value is -2.41. The van der Waals surface area contributed by atoms with E-state index in [9.17, 15) is 0 Å². The quantitative estimate of drug-likeness (QED) is 0.869. The summed E-state index contributed by atoms with van der Waals surface area (Å²) >= 11 is 0. The number of anilines is 2. The van der Waals surface area contributed by atoms with Gasteiger partial charge in [0.1, 0.15) is 11.9 Å². The number of hydrogen-bond donors (Lipinski definition) is 2. The van der Waals surface area contributed by atoms with Gasteiger partial charge < -0.3 is 20.5 Å². The molecule has 3 N–H and O–H groups in total. The van der Waals surface area contributed by atoms with E-state index >= 15 is 0 Å². The average Bonchev–Trinajstić information content (AvgIpc) is 2.50. The van der Waals surface area contributed by atoms with Gasteiger partial charge in [-0.05, 0) is 12.1 Å². The maximum Gasteiger partial charge on any atom is 0.225 e. The predicted molar refractivity (Wildman–Crippen MR) is 77.9 cm³/mol. The highest BCUT2D eigenvalue weighted by Gasteiger charge is 2.28. The third-order valence-electron chi connectivity index (χ3n) is 3.19. The van der Waals surface area contributed by atoms with Crippen molar-refractivity contribution in [3.8, 4) is 5.88 Å². The highest BCUT2D eigenvalue weighted by molar-refractivity contribution is 5.36. The van der Waals surface area contributed by atoms with Crippen LogP contribution in [0, 0.1) is 0 Å². The van der Waals surface area contributed by atoms with E-state index in [0.29, 0.717) is 30.9 Å². The third kappa shape index (κ3) is 3.57. The largest absolute Gasteiger partial charge is 0.472 e. The van der Waals surface area contributed by atoms with Gasteiger partial charge in [0.05, 0.1) is 19.3 Å². The van der Waals surface area contributed by atoms with Crippen LogP contribution >= 0.6 is 0 Å². The fourth-order valence-corrected chi connectivity index (χ4v) is 2.17. The lowest BCUT2D eigenvalue weighted by atomic mass is 10.1. The zero-order valence-electron chi connectivity index (χ0n) is 11.5. The predicted octanol–water partition coefficient (Wildman–Crippen LogP) is 1.10. The van der Waals surface area contributed by atoms with Crippen LogP contribution in [-0.4, -0.2) is 40.3 Å². The van der Waals surface area contributed by atoms with Gasteiger partial charge in [0, 0.05) is 24.9 Å². The van der Waals surface area contributed by atoms with Gasteiger partial charge in [-0.15, -0.1) is 0 Å². The number of hydrogen-bond acceptors (Lipinski definition) is 7. The van der Waals surface area contributed by atoms with Gasteiger partial charge in [0.25, 0.3) is 0 Å². The second kappa shape index (κ2) is 6.36. The molecule has 3 heterocycles. The second-order valence-corrected chi connectivity index (χ2v) is 4.74. The van der Waals surface area contributed by atoms with Crippen molar-refractivity contribution < 1.29 is 9.47 Å². The van der Waals surface area contributed by atoms with Gasteiger partial charge in [0.15, 0.2) is 0 Å². The topological polar surface area (TPSA) is 95.2 Å². The van der Waals surface area contributed by atoms with Crippen LogP contribution in [-0.2, 0) is 4.74 Å². The van der Waals surface area contributed by atoms with Crippen molar-refractivity contribution in [1.82, 2.24) is 15.0 Å². The summed E-state index contributed by atoms with van der Waals surface area (Å²) in [5, 5.41) is 3.21. The lowest BCUT2D eigenvalue weighted by Gasteiger charge is -2.31. The molecule has 3 rings (SSSR count). The Morgan fingerprint density at radius 1 is 1.24 bits per heavy atom. The van der Waals surface area contributed by atoms with Gasteiger partial charge in [0.2, 0.25) is 11.8 Å². The molecule has 7 heteroatoms. The first-order valence-corrected chi connectivity index (χ1v) is 6.82. The molecular formula is C14H17N5O2. The molecule has 21 heavy (non-hydrogen) atoms. The molecule has 7 nitrogen and oxygen atoms in total. The summed E-state index contributed by atoms with van der Waals surface area (Å²) in [6.07, 6.45) is 4.04. The SMILES string of the molecule is Nc1ccnc(N[C@@H]2COCC[C@H]2Oc2ccccn2)n1. The van der Waals surface area contributed by atoms with Crippen LogP contribution in [0.15, 0.2) is 36.7 Å². The number of nitrogen functional groups attached to an aromatic ring is 1. The molecule has 1 aliphatic rings. The van der Waals surface area contributed by atoms with E-state index in [1.807, 2.05) is 18.2 Å². The van der Waals surface area contributed by atoms with E-state index in [0.717, 1.165) is 6.42 Å². The Balaban J connectivity index is 1.69. The second-order valence-electron chi connectivity index (χ2n) is 4.74. The zero-order valence-corrected chi connectivity index (χ0v) is 11.5. The summed E-state index contributed by atoms with van der Waals surface area (Å²) in [7, 11) is 0. The van der Waals surface area contributed by atoms with Crippen molar-refractivity contribution in [2.75, 3.05) is 24.3 Å². The number of rotatable bonds is 4. The van der Waals surface area contributed by atoms with Crippen LogP contribution in [0.2, 0.25) is 0 Å². The van der Waals surface area contributed by atoms with Crippen LogP contribution in [0.1, 0.15) is 6.42 Å². The Kier molecular flexibility index (Phi) is 4.11. The summed E-state index contributed by atoms with van der Waals surface area (Å²) in [5.74, 6) is 1.50. The Bertz CT molecular complexity index is 581. The van der Waals surface area contributed by atoms with Crippen molar-refractivity contribution in [2.45, 2.75) is 18.6 Å². The van der Waals surface area contributed by atoms with Gasteiger partial charge in [-0.2, -0.15) is 4.98 Å². The fraction of sp³-hybridized carbons (Fsp3) is 0.357. The Morgan fingerprint density at radius 3 is 3.00 bits per heavy atom. The molecule has 0 amide bonds. The van der Waals surface area contributed by atoms with Gasteiger partial charge >= 0.3 is 0 Å². The Morgan fingerprint density at radius 2 is 2.19 bits per heavy atom. The normalized spacial score (nSPS) is 21.7. The summed E-state index contributed by atoms with van der Waals surface area (Å²) < 4.78 is 11.4. The van der Waals surface area contributed by atoms with Gasteiger partial charge in [-0.25, -0.2) is 9.97 Å². The van der Waals surface area contributed by atoms with Crippen LogP contribution in [0.4, 0.5) is 11.8 Å². The van der Waals surface area contributed by atoms with Crippen LogP contribution in [0.3, 0.4) is 0 Å². The molecule has 2 aromatic heterocycles. The van der Waals surface area contributed by atoms with E-state index < -0.39 is 0 Å². The number of pyridine rings is 1. The molecule has 0 unspecified atom stereocenters. The van der Waals surface area contributed by atoms with Crippen molar-refractivity contribution in [3.05, 3.63) is 36.7 Å². The summed E-state index contributed by atoms with van der Waals surface area (Å²) in [5.41, 5.74) is 5.66. The highest BCUT2D eigenvalue weighted by Crippen LogP contribution is 2.18. The van der Waals surface area contributed by atoms with Crippen molar-refractivity contribution in [2.24, 2.45) is 0 Å².